The Morgan fingerprint density at radius 1 is 0.889 bits per heavy atom. The number of piperazine rings is 2. The van der Waals surface area contributed by atoms with Crippen LogP contribution in [0, 0.1) is 10.8 Å². The van der Waals surface area contributed by atoms with E-state index in [0.29, 0.717) is 24.2 Å². The fourth-order valence-electron chi connectivity index (χ4n) is 2.71. The summed E-state index contributed by atoms with van der Waals surface area (Å²) in [5, 5.41) is 21.2. The van der Waals surface area contributed by atoms with Crippen LogP contribution in [0.2, 0.25) is 0 Å². The molecule has 4 unspecified atom stereocenters. The van der Waals surface area contributed by atoms with E-state index in [4.69, 9.17) is 39.8 Å². The summed E-state index contributed by atoms with van der Waals surface area (Å²) in [5.74, 6) is 0.372. The molecule has 10 N–H and O–H groups in total. The van der Waals surface area contributed by atoms with Crippen LogP contribution in [0.3, 0.4) is 0 Å². The van der Waals surface area contributed by atoms with E-state index in [1.165, 1.54) is 0 Å². The van der Waals surface area contributed by atoms with Crippen molar-refractivity contribution in [1.82, 2.24) is 20.4 Å². The Bertz CT molecular complexity index is 544. The first kappa shape index (κ1) is 25.3. The van der Waals surface area contributed by atoms with Gasteiger partial charge in [-0.15, -0.1) is 0 Å². The lowest BCUT2D eigenvalue weighted by molar-refractivity contribution is 0.231. The molecule has 13 heteroatoms. The highest BCUT2D eigenvalue weighted by atomic mass is 32.3. The molecule has 4 atom stereocenters. The van der Waals surface area contributed by atoms with E-state index in [1.54, 1.807) is 0 Å². The molecule has 2 aliphatic rings. The molecule has 0 saturated carbocycles. The van der Waals surface area contributed by atoms with Gasteiger partial charge in [-0.25, -0.2) is 0 Å². The Balaban J connectivity index is 0.000000405. The summed E-state index contributed by atoms with van der Waals surface area (Å²) >= 11 is 0. The van der Waals surface area contributed by atoms with Crippen LogP contribution in [-0.2, 0) is 10.4 Å². The van der Waals surface area contributed by atoms with Crippen molar-refractivity contribution in [3.63, 3.8) is 0 Å². The predicted molar refractivity (Wildman–Crippen MR) is 105 cm³/mol. The Morgan fingerprint density at radius 3 is 1.33 bits per heavy atom. The molecule has 0 aromatic rings. The second kappa shape index (κ2) is 11.2. The fraction of sp³-hybridized carbons (Fsp3) is 0.857. The average molecular weight is 411 g/mol. The van der Waals surface area contributed by atoms with Crippen molar-refractivity contribution in [2.75, 3.05) is 26.2 Å². The quantitative estimate of drug-likeness (QED) is 0.131. The molecule has 2 rings (SSSR count). The molecule has 0 spiro atoms. The monoisotopic (exact) mass is 410 g/mol. The first-order valence-corrected chi connectivity index (χ1v) is 10.00. The van der Waals surface area contributed by atoms with Gasteiger partial charge >= 0.3 is 10.4 Å². The van der Waals surface area contributed by atoms with Gasteiger partial charge < -0.3 is 31.9 Å². The zero-order valence-electron chi connectivity index (χ0n) is 16.3. The lowest BCUT2D eigenvalue weighted by atomic mass is 10.1. The number of nitrogens with two attached hydrogens (primary N) is 2. The van der Waals surface area contributed by atoms with Crippen molar-refractivity contribution in [2.24, 2.45) is 11.5 Å². The topological polar surface area (TPSA) is 205 Å². The molecule has 0 amide bonds. The highest BCUT2D eigenvalue weighted by Crippen LogP contribution is 2.05. The second-order valence-electron chi connectivity index (χ2n) is 6.84. The SMILES string of the molecule is CC1CN(C(=N)N)C(C)CN1.CC1CN(C(=N)N)C(C)CN1.O=S(=O)(O)O. The second-order valence-corrected chi connectivity index (χ2v) is 7.74. The van der Waals surface area contributed by atoms with Crippen molar-refractivity contribution < 1.29 is 17.5 Å². The largest absolute Gasteiger partial charge is 0.394 e. The Kier molecular flexibility index (Phi) is 10.5. The third-order valence-electron chi connectivity index (χ3n) is 4.15. The molecule has 0 aromatic carbocycles. The molecular weight excluding hydrogens is 376 g/mol. The van der Waals surface area contributed by atoms with Gasteiger partial charge in [0.1, 0.15) is 0 Å². The molecule has 2 fully saturated rings. The van der Waals surface area contributed by atoms with Gasteiger partial charge in [0.05, 0.1) is 0 Å². The van der Waals surface area contributed by atoms with Crippen molar-refractivity contribution in [1.29, 1.82) is 10.8 Å². The van der Waals surface area contributed by atoms with Gasteiger partial charge in [0, 0.05) is 50.3 Å². The first-order chi connectivity index (χ1) is 12.2. The minimum atomic E-state index is -4.67. The molecule has 12 nitrogen and oxygen atoms in total. The van der Waals surface area contributed by atoms with E-state index in [-0.39, 0.29) is 11.9 Å². The van der Waals surface area contributed by atoms with Crippen LogP contribution >= 0.6 is 0 Å². The van der Waals surface area contributed by atoms with Crippen LogP contribution in [0.15, 0.2) is 0 Å². The van der Waals surface area contributed by atoms with E-state index in [2.05, 4.69) is 38.3 Å². The molecule has 0 radical (unpaired) electrons. The van der Waals surface area contributed by atoms with Crippen LogP contribution in [0.4, 0.5) is 0 Å². The summed E-state index contributed by atoms with van der Waals surface area (Å²) in [4.78, 5) is 3.84. The van der Waals surface area contributed by atoms with E-state index in [9.17, 15) is 0 Å². The first-order valence-electron chi connectivity index (χ1n) is 8.60. The van der Waals surface area contributed by atoms with Gasteiger partial charge in [0.2, 0.25) is 0 Å². The van der Waals surface area contributed by atoms with Crippen molar-refractivity contribution in [3.05, 3.63) is 0 Å². The number of hydrogen-bond donors (Lipinski definition) is 8. The van der Waals surface area contributed by atoms with Gasteiger partial charge in [-0.05, 0) is 27.7 Å². The summed E-state index contributed by atoms with van der Waals surface area (Å²) in [5.41, 5.74) is 10.8. The van der Waals surface area contributed by atoms with Crippen molar-refractivity contribution >= 4 is 22.3 Å². The molecule has 0 aliphatic carbocycles. The lowest BCUT2D eigenvalue weighted by Crippen LogP contribution is -2.57. The smallest absolute Gasteiger partial charge is 0.370 e. The maximum Gasteiger partial charge on any atom is 0.394 e. The maximum absolute atomic E-state index is 8.74. The third-order valence-corrected chi connectivity index (χ3v) is 4.15. The summed E-state index contributed by atoms with van der Waals surface area (Å²) in [6.07, 6.45) is 0. The molecule has 0 aromatic heterocycles. The average Bonchev–Trinajstić information content (AvgIpc) is 2.50. The van der Waals surface area contributed by atoms with Crippen LogP contribution in [0.5, 0.6) is 0 Å². The van der Waals surface area contributed by atoms with Gasteiger partial charge in [-0.1, -0.05) is 0 Å². The predicted octanol–water partition coefficient (Wildman–Crippen LogP) is -1.53. The highest BCUT2D eigenvalue weighted by molar-refractivity contribution is 7.79. The summed E-state index contributed by atoms with van der Waals surface area (Å²) in [7, 11) is -4.67. The zero-order valence-corrected chi connectivity index (χ0v) is 17.1. The Hall–Kier alpha value is -1.67. The van der Waals surface area contributed by atoms with Crippen LogP contribution in [-0.4, -0.2) is 89.6 Å². The third kappa shape index (κ3) is 11.6. The minimum absolute atomic E-state index is 0.186. The van der Waals surface area contributed by atoms with Gasteiger partial charge in [0.25, 0.3) is 0 Å². The van der Waals surface area contributed by atoms with E-state index in [0.717, 1.165) is 26.2 Å². The van der Waals surface area contributed by atoms with E-state index >= 15 is 0 Å². The molecule has 0 bridgehead atoms. The molecule has 2 heterocycles. The fourth-order valence-corrected chi connectivity index (χ4v) is 2.71. The summed E-state index contributed by atoms with van der Waals surface area (Å²) < 4.78 is 31.6. The standard InChI is InChI=1S/2C7H16N4.H2O4S/c2*1-5-4-11(7(8)9)6(2)3-10-5;1-5(2,3)4/h2*5-6,10H,3-4H2,1-2H3,(H3,8,9);(H2,1,2,3,4). The van der Waals surface area contributed by atoms with Crippen LogP contribution < -0.4 is 22.1 Å². The molecule has 2 saturated heterocycles. The minimum Gasteiger partial charge on any atom is -0.370 e. The van der Waals surface area contributed by atoms with Crippen LogP contribution in [0.1, 0.15) is 27.7 Å². The van der Waals surface area contributed by atoms with Crippen molar-refractivity contribution in [3.8, 4) is 0 Å². The van der Waals surface area contributed by atoms with Gasteiger partial charge in [-0.3, -0.25) is 19.9 Å². The lowest BCUT2D eigenvalue weighted by Gasteiger charge is -2.37. The van der Waals surface area contributed by atoms with E-state index < -0.39 is 10.4 Å². The molecule has 27 heavy (non-hydrogen) atoms. The van der Waals surface area contributed by atoms with E-state index in [1.807, 2.05) is 9.80 Å². The van der Waals surface area contributed by atoms with Gasteiger partial charge in [-0.2, -0.15) is 8.42 Å². The summed E-state index contributed by atoms with van der Waals surface area (Å²) in [6, 6.07) is 1.58. The normalized spacial score (nSPS) is 28.2. The number of nitrogens with one attached hydrogen (secondary N) is 4. The van der Waals surface area contributed by atoms with Crippen LogP contribution in [0.25, 0.3) is 0 Å². The highest BCUT2D eigenvalue weighted by Gasteiger charge is 2.23. The number of guanidine groups is 2. The Morgan fingerprint density at radius 2 is 1.15 bits per heavy atom. The number of rotatable bonds is 0. The zero-order chi connectivity index (χ0) is 21.4. The molecular formula is C14H34N8O4S. The molecule has 2 aliphatic heterocycles. The maximum atomic E-state index is 8.74. The number of hydrogen-bond acceptors (Lipinski definition) is 6. The summed E-state index contributed by atoms with van der Waals surface area (Å²) in [6.45, 7) is 11.9. The molecule has 160 valence electrons. The van der Waals surface area contributed by atoms with Crippen molar-refractivity contribution in [2.45, 2.75) is 51.9 Å². The Labute approximate surface area is 161 Å². The van der Waals surface area contributed by atoms with Gasteiger partial charge in [0.15, 0.2) is 11.9 Å². The number of nitrogens with zero attached hydrogens (tertiary/aromatic N) is 2.